The van der Waals surface area contributed by atoms with E-state index in [9.17, 15) is 4.79 Å². The molecule has 4 rings (SSSR count). The number of H-pyrrole nitrogens is 1. The van der Waals surface area contributed by atoms with Crippen LogP contribution in [0.3, 0.4) is 0 Å². The van der Waals surface area contributed by atoms with Gasteiger partial charge in [-0.25, -0.2) is 0 Å². The maximum atomic E-state index is 12.7. The molecule has 3 heterocycles. The van der Waals surface area contributed by atoms with Crippen molar-refractivity contribution in [1.29, 1.82) is 0 Å². The molecule has 7 heteroatoms. The van der Waals surface area contributed by atoms with Crippen LogP contribution < -0.4 is 5.32 Å². The molecule has 2 aromatic rings. The third-order valence-corrected chi connectivity index (χ3v) is 6.17. The van der Waals surface area contributed by atoms with Crippen LogP contribution in [0.2, 0.25) is 0 Å². The summed E-state index contributed by atoms with van der Waals surface area (Å²) in [7, 11) is 1.83. The number of nitrogens with zero attached hydrogens (tertiary/aromatic N) is 4. The summed E-state index contributed by atoms with van der Waals surface area (Å²) in [6.45, 7) is 8.14. The number of fused-ring (bicyclic) bond motifs is 1. The second-order valence-corrected chi connectivity index (χ2v) is 8.01. The van der Waals surface area contributed by atoms with Gasteiger partial charge >= 0.3 is 0 Å². The fourth-order valence-corrected chi connectivity index (χ4v) is 4.41. The minimum Gasteiger partial charge on any atom is -0.357 e. The summed E-state index contributed by atoms with van der Waals surface area (Å²) >= 11 is 0. The number of rotatable bonds is 4. The number of carbonyl (C=O) groups is 1. The molecule has 2 N–H and O–H groups in total. The maximum Gasteiger partial charge on any atom is 0.239 e. The molecule has 156 valence electrons. The number of piperazine rings is 1. The maximum absolute atomic E-state index is 12.7. The van der Waals surface area contributed by atoms with E-state index in [1.165, 1.54) is 5.39 Å². The number of nitrogens with one attached hydrogen (secondary N) is 2. The van der Waals surface area contributed by atoms with Gasteiger partial charge in [-0.05, 0) is 37.3 Å². The molecule has 0 bridgehead atoms. The van der Waals surface area contributed by atoms with Crippen molar-refractivity contribution in [3.63, 3.8) is 0 Å². The zero-order valence-electron chi connectivity index (χ0n) is 17.5. The molecule has 0 radical (unpaired) electrons. The summed E-state index contributed by atoms with van der Waals surface area (Å²) in [6.07, 6.45) is 2.29. The van der Waals surface area contributed by atoms with Crippen LogP contribution in [0.1, 0.15) is 25.5 Å². The number of aromatic nitrogens is 1. The van der Waals surface area contributed by atoms with Crippen molar-refractivity contribution in [1.82, 2.24) is 25.0 Å². The Morgan fingerprint density at radius 1 is 1.10 bits per heavy atom. The minimum absolute atomic E-state index is 0.0310. The molecule has 0 spiro atoms. The van der Waals surface area contributed by atoms with E-state index in [0.717, 1.165) is 69.3 Å². The molecule has 2 aliphatic rings. The topological polar surface area (TPSA) is 67.0 Å². The number of aromatic amines is 1. The number of benzene rings is 1. The van der Waals surface area contributed by atoms with Crippen LogP contribution in [0.4, 0.5) is 0 Å². The predicted molar refractivity (Wildman–Crippen MR) is 117 cm³/mol. The van der Waals surface area contributed by atoms with Gasteiger partial charge in [0.05, 0.1) is 12.6 Å². The van der Waals surface area contributed by atoms with Gasteiger partial charge in [0, 0.05) is 57.5 Å². The van der Waals surface area contributed by atoms with Gasteiger partial charge in [-0.15, -0.1) is 0 Å². The molecule has 2 aliphatic heterocycles. The number of carbonyl (C=O) groups excluding carboxylic acids is 1. The number of likely N-dealkylation sites (tertiary alicyclic amines) is 1. The molecule has 1 amide bonds. The van der Waals surface area contributed by atoms with Crippen molar-refractivity contribution in [2.45, 2.75) is 32.4 Å². The van der Waals surface area contributed by atoms with E-state index in [1.807, 2.05) is 18.0 Å². The highest BCUT2D eigenvalue weighted by Crippen LogP contribution is 2.16. The molecule has 2 saturated heterocycles. The van der Waals surface area contributed by atoms with E-state index in [-0.39, 0.29) is 11.9 Å². The Labute approximate surface area is 172 Å². The summed E-state index contributed by atoms with van der Waals surface area (Å²) in [5.41, 5.74) is 2.31. The van der Waals surface area contributed by atoms with Crippen LogP contribution in [-0.2, 0) is 11.3 Å². The number of hydrogen-bond donors (Lipinski definition) is 2. The lowest BCUT2D eigenvalue weighted by Crippen LogP contribution is -2.57. The Balaban J connectivity index is 1.29. The first kappa shape index (κ1) is 19.8. The summed E-state index contributed by atoms with van der Waals surface area (Å²) < 4.78 is 0. The van der Waals surface area contributed by atoms with E-state index in [1.54, 1.807) is 0 Å². The molecule has 1 aromatic heterocycles. The molecule has 0 aliphatic carbocycles. The van der Waals surface area contributed by atoms with Gasteiger partial charge in [0.1, 0.15) is 0 Å². The Bertz CT molecular complexity index is 828. The Hall–Kier alpha value is -2.54. The molecule has 1 atom stereocenters. The fourth-order valence-electron chi connectivity index (χ4n) is 4.41. The van der Waals surface area contributed by atoms with Gasteiger partial charge in [-0.2, -0.15) is 0 Å². The molecule has 2 fully saturated rings. The first-order valence-corrected chi connectivity index (χ1v) is 10.7. The van der Waals surface area contributed by atoms with E-state index >= 15 is 0 Å². The Morgan fingerprint density at radius 2 is 1.83 bits per heavy atom. The number of para-hydroxylation sites is 1. The van der Waals surface area contributed by atoms with Crippen molar-refractivity contribution in [3.05, 3.63) is 36.0 Å². The molecular formula is C22H32N6O. The van der Waals surface area contributed by atoms with Gasteiger partial charge < -0.3 is 20.1 Å². The number of amides is 1. The van der Waals surface area contributed by atoms with E-state index < -0.39 is 0 Å². The van der Waals surface area contributed by atoms with Crippen molar-refractivity contribution in [3.8, 4) is 0 Å². The van der Waals surface area contributed by atoms with Crippen molar-refractivity contribution in [2.24, 2.45) is 4.99 Å². The summed E-state index contributed by atoms with van der Waals surface area (Å²) in [6, 6.07) is 10.5. The van der Waals surface area contributed by atoms with E-state index in [4.69, 9.17) is 0 Å². The smallest absolute Gasteiger partial charge is 0.239 e. The van der Waals surface area contributed by atoms with Crippen molar-refractivity contribution < 1.29 is 4.79 Å². The minimum atomic E-state index is -0.0310. The summed E-state index contributed by atoms with van der Waals surface area (Å²) in [5, 5.41) is 4.71. The van der Waals surface area contributed by atoms with Gasteiger partial charge in [0.2, 0.25) is 5.91 Å². The second kappa shape index (κ2) is 8.86. The predicted octanol–water partition coefficient (Wildman–Crippen LogP) is 1.87. The SMILES string of the molecule is CN=C(NCc1cc2ccccc2[nH]1)N1CCN(C(C)C(=O)N2CCCC2)CC1. The fraction of sp³-hybridized carbons (Fsp3) is 0.545. The van der Waals surface area contributed by atoms with Crippen molar-refractivity contribution >= 4 is 22.8 Å². The molecular weight excluding hydrogens is 364 g/mol. The van der Waals surface area contributed by atoms with Crippen molar-refractivity contribution in [2.75, 3.05) is 46.3 Å². The highest BCUT2D eigenvalue weighted by molar-refractivity contribution is 5.83. The molecule has 7 nitrogen and oxygen atoms in total. The monoisotopic (exact) mass is 396 g/mol. The van der Waals surface area contributed by atoms with E-state index in [0.29, 0.717) is 6.54 Å². The zero-order valence-corrected chi connectivity index (χ0v) is 17.5. The standard InChI is InChI=1S/C22H32N6O/c1-17(21(29)27-9-5-6-10-27)26-11-13-28(14-12-26)22(23-2)24-16-19-15-18-7-3-4-8-20(18)25-19/h3-4,7-8,15,17,25H,5-6,9-14,16H2,1-2H3,(H,23,24). The van der Waals surface area contributed by atoms with Gasteiger partial charge in [-0.3, -0.25) is 14.7 Å². The quantitative estimate of drug-likeness (QED) is 0.612. The van der Waals surface area contributed by atoms with Gasteiger partial charge in [0.15, 0.2) is 5.96 Å². The van der Waals surface area contributed by atoms with Crippen LogP contribution >= 0.6 is 0 Å². The first-order valence-electron chi connectivity index (χ1n) is 10.7. The second-order valence-electron chi connectivity index (χ2n) is 8.01. The highest BCUT2D eigenvalue weighted by Gasteiger charge is 2.30. The van der Waals surface area contributed by atoms with Gasteiger partial charge in [-0.1, -0.05) is 18.2 Å². The van der Waals surface area contributed by atoms with Crippen LogP contribution in [0.25, 0.3) is 10.9 Å². The highest BCUT2D eigenvalue weighted by atomic mass is 16.2. The lowest BCUT2D eigenvalue weighted by atomic mass is 10.2. The van der Waals surface area contributed by atoms with E-state index in [2.05, 4.69) is 56.3 Å². The molecule has 1 unspecified atom stereocenters. The lowest BCUT2D eigenvalue weighted by Gasteiger charge is -2.39. The molecule has 0 saturated carbocycles. The lowest BCUT2D eigenvalue weighted by molar-refractivity contribution is -0.135. The van der Waals surface area contributed by atoms with Gasteiger partial charge in [0.25, 0.3) is 0 Å². The average molecular weight is 397 g/mol. The average Bonchev–Trinajstić information content (AvgIpc) is 3.43. The van der Waals surface area contributed by atoms with Crippen LogP contribution in [0.5, 0.6) is 0 Å². The third-order valence-electron chi connectivity index (χ3n) is 6.17. The zero-order chi connectivity index (χ0) is 20.2. The molecule has 1 aromatic carbocycles. The Morgan fingerprint density at radius 3 is 2.52 bits per heavy atom. The Kier molecular flexibility index (Phi) is 6.04. The number of hydrogen-bond acceptors (Lipinski definition) is 3. The normalized spacial score (nSPS) is 19.7. The molecule has 29 heavy (non-hydrogen) atoms. The summed E-state index contributed by atoms with van der Waals surface area (Å²) in [4.78, 5) is 27.2. The number of aliphatic imine (C=N–C) groups is 1. The van der Waals surface area contributed by atoms with Crippen LogP contribution in [0, 0.1) is 0 Å². The third kappa shape index (κ3) is 4.40. The first-order chi connectivity index (χ1) is 14.2. The van der Waals surface area contributed by atoms with Crippen LogP contribution in [0.15, 0.2) is 35.3 Å². The largest absolute Gasteiger partial charge is 0.357 e. The van der Waals surface area contributed by atoms with Crippen LogP contribution in [-0.4, -0.2) is 83.9 Å². The summed E-state index contributed by atoms with van der Waals surface area (Å²) in [5.74, 6) is 1.21. The number of guanidine groups is 1.